The Labute approximate surface area is 154 Å². The number of benzene rings is 2. The first-order valence-electron chi connectivity index (χ1n) is 8.37. The molecule has 2 heterocycles. The summed E-state index contributed by atoms with van der Waals surface area (Å²) >= 11 is 1.53. The summed E-state index contributed by atoms with van der Waals surface area (Å²) in [6.45, 7) is 1.45. The number of aromatic nitrogens is 1. The van der Waals surface area contributed by atoms with Gasteiger partial charge < -0.3 is 14.2 Å². The number of hydrogen-bond acceptors (Lipinski definition) is 6. The maximum absolute atomic E-state index is 12.0. The fraction of sp³-hybridized carbons (Fsp3) is 0.200. The third-order valence-electron chi connectivity index (χ3n) is 3.86. The number of ether oxygens (including phenoxy) is 3. The lowest BCUT2D eigenvalue weighted by atomic mass is 10.2. The molecule has 0 aliphatic carbocycles. The van der Waals surface area contributed by atoms with Crippen LogP contribution in [0.25, 0.3) is 16.3 Å². The minimum Gasteiger partial charge on any atom is -0.490 e. The molecule has 0 saturated carbocycles. The Kier molecular flexibility index (Phi) is 4.84. The lowest BCUT2D eigenvalue weighted by molar-refractivity contribution is -0.138. The van der Waals surface area contributed by atoms with Gasteiger partial charge in [0.25, 0.3) is 0 Å². The molecule has 2 aromatic carbocycles. The predicted molar refractivity (Wildman–Crippen MR) is 100 cm³/mol. The average Bonchev–Trinajstić information content (AvgIpc) is 2.94. The van der Waals surface area contributed by atoms with Crippen molar-refractivity contribution in [2.45, 2.75) is 13.0 Å². The summed E-state index contributed by atoms with van der Waals surface area (Å²) in [6.07, 6.45) is 3.97. The molecule has 0 amide bonds. The van der Waals surface area contributed by atoms with Gasteiger partial charge in [0, 0.05) is 12.5 Å². The highest BCUT2D eigenvalue weighted by Crippen LogP contribution is 2.30. The van der Waals surface area contributed by atoms with E-state index in [2.05, 4.69) is 4.98 Å². The largest absolute Gasteiger partial charge is 0.490 e. The van der Waals surface area contributed by atoms with Crippen molar-refractivity contribution in [1.29, 1.82) is 0 Å². The molecular weight excluding hydrogens is 350 g/mol. The van der Waals surface area contributed by atoms with Gasteiger partial charge in [-0.05, 0) is 35.9 Å². The molecule has 0 unspecified atom stereocenters. The van der Waals surface area contributed by atoms with Crippen LogP contribution in [0.2, 0.25) is 0 Å². The average molecular weight is 367 g/mol. The molecule has 0 N–H and O–H groups in total. The summed E-state index contributed by atoms with van der Waals surface area (Å²) in [5.41, 5.74) is 1.78. The van der Waals surface area contributed by atoms with Crippen LogP contribution in [0, 0.1) is 0 Å². The van der Waals surface area contributed by atoms with Gasteiger partial charge in [0.2, 0.25) is 0 Å². The van der Waals surface area contributed by atoms with Crippen LogP contribution in [0.3, 0.4) is 0 Å². The van der Waals surface area contributed by atoms with Crippen molar-refractivity contribution in [3.05, 3.63) is 59.1 Å². The maximum atomic E-state index is 12.0. The zero-order chi connectivity index (χ0) is 17.8. The van der Waals surface area contributed by atoms with E-state index in [-0.39, 0.29) is 6.61 Å². The van der Waals surface area contributed by atoms with Crippen molar-refractivity contribution in [2.75, 3.05) is 13.2 Å². The van der Waals surface area contributed by atoms with E-state index >= 15 is 0 Å². The molecule has 132 valence electrons. The Morgan fingerprint density at radius 3 is 2.88 bits per heavy atom. The molecule has 4 rings (SSSR count). The molecule has 3 aromatic rings. The van der Waals surface area contributed by atoms with Crippen LogP contribution >= 0.6 is 11.3 Å². The van der Waals surface area contributed by atoms with E-state index in [1.54, 1.807) is 6.08 Å². The minimum atomic E-state index is -0.406. The monoisotopic (exact) mass is 367 g/mol. The summed E-state index contributed by atoms with van der Waals surface area (Å²) < 4.78 is 17.6. The number of hydrogen-bond donors (Lipinski definition) is 0. The number of carbonyl (C=O) groups is 1. The SMILES string of the molecule is O=C(/C=C/c1ccc2c(c1)OCCCO2)OCc1nc2ccccc2s1. The summed E-state index contributed by atoms with van der Waals surface area (Å²) in [5.74, 6) is 1.03. The Morgan fingerprint density at radius 2 is 2.00 bits per heavy atom. The van der Waals surface area contributed by atoms with Crippen molar-refractivity contribution in [2.24, 2.45) is 0 Å². The highest BCUT2D eigenvalue weighted by atomic mass is 32.1. The van der Waals surface area contributed by atoms with E-state index in [1.807, 2.05) is 42.5 Å². The molecule has 0 spiro atoms. The molecule has 26 heavy (non-hydrogen) atoms. The van der Waals surface area contributed by atoms with Gasteiger partial charge in [-0.15, -0.1) is 11.3 Å². The van der Waals surface area contributed by atoms with Crippen LogP contribution in [0.5, 0.6) is 11.5 Å². The summed E-state index contributed by atoms with van der Waals surface area (Å²) in [6, 6.07) is 13.4. The number of fused-ring (bicyclic) bond motifs is 2. The van der Waals surface area contributed by atoms with Gasteiger partial charge in [-0.2, -0.15) is 0 Å². The zero-order valence-electron chi connectivity index (χ0n) is 14.0. The second-order valence-electron chi connectivity index (χ2n) is 5.77. The van der Waals surface area contributed by atoms with E-state index in [4.69, 9.17) is 14.2 Å². The van der Waals surface area contributed by atoms with Crippen molar-refractivity contribution >= 4 is 33.6 Å². The highest BCUT2D eigenvalue weighted by Gasteiger charge is 2.10. The molecule has 0 saturated heterocycles. The van der Waals surface area contributed by atoms with Gasteiger partial charge in [-0.3, -0.25) is 0 Å². The van der Waals surface area contributed by atoms with Crippen LogP contribution in [-0.4, -0.2) is 24.2 Å². The fourth-order valence-electron chi connectivity index (χ4n) is 2.61. The first kappa shape index (κ1) is 16.6. The lowest BCUT2D eigenvalue weighted by Crippen LogP contribution is -2.00. The summed E-state index contributed by atoms with van der Waals surface area (Å²) in [7, 11) is 0. The maximum Gasteiger partial charge on any atom is 0.331 e. The lowest BCUT2D eigenvalue weighted by Gasteiger charge is -2.07. The molecule has 1 aliphatic rings. The van der Waals surface area contributed by atoms with Gasteiger partial charge in [-0.1, -0.05) is 18.2 Å². The molecule has 0 fully saturated rings. The first-order valence-corrected chi connectivity index (χ1v) is 9.18. The molecule has 1 aromatic heterocycles. The second kappa shape index (κ2) is 7.58. The highest BCUT2D eigenvalue weighted by molar-refractivity contribution is 7.18. The van der Waals surface area contributed by atoms with Gasteiger partial charge in [0.1, 0.15) is 11.6 Å². The quantitative estimate of drug-likeness (QED) is 0.511. The molecule has 5 nitrogen and oxygen atoms in total. The van der Waals surface area contributed by atoms with Gasteiger partial charge in [0.15, 0.2) is 11.5 Å². The van der Waals surface area contributed by atoms with E-state index in [0.29, 0.717) is 19.0 Å². The normalized spacial score (nSPS) is 13.7. The van der Waals surface area contributed by atoms with Crippen LogP contribution in [-0.2, 0) is 16.1 Å². The third-order valence-corrected chi connectivity index (χ3v) is 4.87. The third kappa shape index (κ3) is 3.86. The summed E-state index contributed by atoms with van der Waals surface area (Å²) in [4.78, 5) is 16.4. The Hall–Kier alpha value is -2.86. The van der Waals surface area contributed by atoms with Gasteiger partial charge >= 0.3 is 5.97 Å². The standard InChI is InChI=1S/C20H17NO4S/c22-20(25-13-19-21-15-4-1-2-5-18(15)26-19)9-7-14-6-8-16-17(12-14)24-11-3-10-23-16/h1-2,4-9,12H,3,10-11,13H2/b9-7+. The topological polar surface area (TPSA) is 57.7 Å². The number of nitrogens with zero attached hydrogens (tertiary/aromatic N) is 1. The number of para-hydroxylation sites is 1. The zero-order valence-corrected chi connectivity index (χ0v) is 14.8. The molecule has 1 aliphatic heterocycles. The first-order chi connectivity index (χ1) is 12.8. The van der Waals surface area contributed by atoms with Crippen molar-refractivity contribution in [3.8, 4) is 11.5 Å². The van der Waals surface area contributed by atoms with Crippen molar-refractivity contribution in [1.82, 2.24) is 4.98 Å². The van der Waals surface area contributed by atoms with Crippen molar-refractivity contribution < 1.29 is 19.0 Å². The van der Waals surface area contributed by atoms with E-state index < -0.39 is 5.97 Å². The minimum absolute atomic E-state index is 0.170. The number of esters is 1. The van der Waals surface area contributed by atoms with E-state index in [0.717, 1.165) is 33.0 Å². The predicted octanol–water partition coefficient (Wildman–Crippen LogP) is 4.21. The molecule has 0 atom stereocenters. The van der Waals surface area contributed by atoms with Crippen LogP contribution < -0.4 is 9.47 Å². The summed E-state index contributed by atoms with van der Waals surface area (Å²) in [5, 5.41) is 0.781. The Balaban J connectivity index is 1.37. The Bertz CT molecular complexity index is 930. The second-order valence-corrected chi connectivity index (χ2v) is 6.89. The smallest absolute Gasteiger partial charge is 0.331 e. The molecular formula is C20H17NO4S. The van der Waals surface area contributed by atoms with E-state index in [9.17, 15) is 4.79 Å². The van der Waals surface area contributed by atoms with Crippen molar-refractivity contribution in [3.63, 3.8) is 0 Å². The van der Waals surface area contributed by atoms with Gasteiger partial charge in [0.05, 0.1) is 23.4 Å². The fourth-order valence-corrected chi connectivity index (χ4v) is 3.49. The van der Waals surface area contributed by atoms with Crippen LogP contribution in [0.15, 0.2) is 48.5 Å². The Morgan fingerprint density at radius 1 is 1.15 bits per heavy atom. The molecule has 0 radical (unpaired) electrons. The molecule has 6 heteroatoms. The molecule has 0 bridgehead atoms. The van der Waals surface area contributed by atoms with Gasteiger partial charge in [-0.25, -0.2) is 9.78 Å². The number of carbonyl (C=O) groups excluding carboxylic acids is 1. The van der Waals surface area contributed by atoms with Crippen LogP contribution in [0.1, 0.15) is 17.0 Å². The number of rotatable bonds is 4. The number of thiazole rings is 1. The van der Waals surface area contributed by atoms with Crippen LogP contribution in [0.4, 0.5) is 0 Å². The van der Waals surface area contributed by atoms with E-state index in [1.165, 1.54) is 17.4 Å².